The fourth-order valence-corrected chi connectivity index (χ4v) is 2.73. The van der Waals surface area contributed by atoms with Gasteiger partial charge in [-0.05, 0) is 30.4 Å². The molecule has 1 aromatic rings. The number of ether oxygens (including phenoxy) is 2. The molecule has 0 saturated carbocycles. The van der Waals surface area contributed by atoms with Gasteiger partial charge < -0.3 is 14.4 Å². The number of methoxy groups -OCH3 is 2. The Morgan fingerprint density at radius 1 is 1.08 bits per heavy atom. The third kappa shape index (κ3) is 3.95. The normalized spacial score (nSPS) is 14.3. The van der Waals surface area contributed by atoms with Crippen LogP contribution in [0.1, 0.15) is 0 Å². The number of benzene rings is 1. The Morgan fingerprint density at radius 3 is 2.36 bits per heavy atom. The number of rotatable bonds is 4. The molecule has 0 atom stereocenters. The summed E-state index contributed by atoms with van der Waals surface area (Å²) in [4.78, 5) is 25.5. The molecule has 1 aromatic carbocycles. The van der Waals surface area contributed by atoms with E-state index in [0.717, 1.165) is 0 Å². The van der Waals surface area contributed by atoms with Crippen molar-refractivity contribution in [3.8, 4) is 0 Å². The first kappa shape index (κ1) is 18.4. The highest BCUT2D eigenvalue weighted by Gasteiger charge is 2.27. The van der Waals surface area contributed by atoms with Gasteiger partial charge in [0.25, 0.3) is 0 Å². The van der Waals surface area contributed by atoms with Crippen LogP contribution in [-0.2, 0) is 29.1 Å². The van der Waals surface area contributed by atoms with E-state index in [1.165, 1.54) is 49.6 Å². The summed E-state index contributed by atoms with van der Waals surface area (Å²) in [6.07, 6.45) is 6.00. The summed E-state index contributed by atoms with van der Waals surface area (Å²) >= 11 is 0. The molecule has 132 valence electrons. The van der Waals surface area contributed by atoms with Gasteiger partial charge >= 0.3 is 11.9 Å². The van der Waals surface area contributed by atoms with Crippen LogP contribution in [0.2, 0.25) is 0 Å². The highest BCUT2D eigenvalue weighted by molar-refractivity contribution is 7.89. The molecule has 0 saturated heterocycles. The highest BCUT2D eigenvalue weighted by Crippen LogP contribution is 2.27. The fraction of sp³-hybridized carbons (Fsp3) is 0.125. The van der Waals surface area contributed by atoms with Crippen molar-refractivity contribution in [3.63, 3.8) is 0 Å². The summed E-state index contributed by atoms with van der Waals surface area (Å²) in [5, 5.41) is 5.15. The average Bonchev–Trinajstić information content (AvgIpc) is 2.82. The smallest absolute Gasteiger partial charge is 0.355 e. The number of allylic oxidation sites excluding steroid dienone is 2. The number of primary sulfonamides is 1. The summed E-state index contributed by atoms with van der Waals surface area (Å²) in [6, 6.07) is 5.63. The highest BCUT2D eigenvalue weighted by atomic mass is 32.2. The predicted molar refractivity (Wildman–Crippen MR) is 89.6 cm³/mol. The van der Waals surface area contributed by atoms with E-state index in [0.29, 0.717) is 5.69 Å². The molecule has 0 aliphatic carbocycles. The zero-order chi connectivity index (χ0) is 18.6. The quantitative estimate of drug-likeness (QED) is 0.786. The number of nitrogens with zero attached hydrogens (tertiary/aromatic N) is 1. The van der Waals surface area contributed by atoms with E-state index >= 15 is 0 Å². The maximum absolute atomic E-state index is 12.3. The SMILES string of the molecule is COC(=O)C1=C(C(=O)OC)N(c2cccc(S(N)(=O)=O)c2)C=CC=C1. The zero-order valence-electron chi connectivity index (χ0n) is 13.5. The molecular formula is C16H16N2O6S. The van der Waals surface area contributed by atoms with Crippen LogP contribution in [0, 0.1) is 0 Å². The first-order valence-electron chi connectivity index (χ1n) is 6.97. The number of carbonyl (C=O) groups is 2. The summed E-state index contributed by atoms with van der Waals surface area (Å²) < 4.78 is 32.6. The van der Waals surface area contributed by atoms with Gasteiger partial charge in [0.1, 0.15) is 5.70 Å². The first-order valence-corrected chi connectivity index (χ1v) is 8.52. The van der Waals surface area contributed by atoms with Crippen molar-refractivity contribution in [1.82, 2.24) is 0 Å². The van der Waals surface area contributed by atoms with E-state index in [1.807, 2.05) is 0 Å². The van der Waals surface area contributed by atoms with Crippen LogP contribution in [0.5, 0.6) is 0 Å². The van der Waals surface area contributed by atoms with Crippen LogP contribution in [-0.4, -0.2) is 34.6 Å². The molecule has 0 unspecified atom stereocenters. The molecule has 0 aromatic heterocycles. The molecule has 2 rings (SSSR count). The summed E-state index contributed by atoms with van der Waals surface area (Å²) in [5.74, 6) is -1.54. The number of anilines is 1. The van der Waals surface area contributed by atoms with Crippen LogP contribution in [0.3, 0.4) is 0 Å². The van der Waals surface area contributed by atoms with Gasteiger partial charge in [0.2, 0.25) is 10.0 Å². The van der Waals surface area contributed by atoms with Gasteiger partial charge in [-0.1, -0.05) is 12.1 Å². The average molecular weight is 364 g/mol. The predicted octanol–water partition coefficient (Wildman–Crippen LogP) is 0.824. The molecule has 0 amide bonds. The lowest BCUT2D eigenvalue weighted by atomic mass is 10.1. The minimum atomic E-state index is -3.94. The van der Waals surface area contributed by atoms with Gasteiger partial charge in [0, 0.05) is 11.9 Å². The molecule has 9 heteroatoms. The van der Waals surface area contributed by atoms with Gasteiger partial charge in [-0.3, -0.25) is 0 Å². The molecular weight excluding hydrogens is 348 g/mol. The first-order chi connectivity index (χ1) is 11.8. The van der Waals surface area contributed by atoms with Crippen molar-refractivity contribution in [2.75, 3.05) is 19.1 Å². The van der Waals surface area contributed by atoms with E-state index in [2.05, 4.69) is 0 Å². The summed E-state index contributed by atoms with van der Waals surface area (Å²) in [6.45, 7) is 0. The Hall–Kier alpha value is -2.91. The molecule has 8 nitrogen and oxygen atoms in total. The second kappa shape index (κ2) is 7.32. The van der Waals surface area contributed by atoms with Crippen LogP contribution in [0.4, 0.5) is 5.69 Å². The third-order valence-corrected chi connectivity index (χ3v) is 4.22. The van der Waals surface area contributed by atoms with Gasteiger partial charge in [0.05, 0.1) is 24.7 Å². The van der Waals surface area contributed by atoms with Crippen molar-refractivity contribution >= 4 is 27.6 Å². The van der Waals surface area contributed by atoms with Crippen LogP contribution < -0.4 is 10.0 Å². The number of carbonyl (C=O) groups excluding carboxylic acids is 2. The van der Waals surface area contributed by atoms with Crippen molar-refractivity contribution < 1.29 is 27.5 Å². The lowest BCUT2D eigenvalue weighted by molar-refractivity contribution is -0.139. The maximum atomic E-state index is 12.3. The Labute approximate surface area is 144 Å². The fourth-order valence-electron chi connectivity index (χ4n) is 2.18. The standard InChI is InChI=1S/C16H16N2O6S/c1-23-15(19)13-8-3-4-9-18(14(13)16(20)24-2)11-6-5-7-12(10-11)25(17,21)22/h3-10H,1-2H3,(H2,17,21,22). The molecule has 1 heterocycles. The lowest BCUT2D eigenvalue weighted by Crippen LogP contribution is -2.27. The van der Waals surface area contributed by atoms with E-state index in [4.69, 9.17) is 14.6 Å². The number of sulfonamides is 1. The molecule has 2 N–H and O–H groups in total. The second-order valence-corrected chi connectivity index (χ2v) is 6.42. The molecule has 0 spiro atoms. The number of hydrogen-bond acceptors (Lipinski definition) is 7. The Morgan fingerprint density at radius 2 is 1.76 bits per heavy atom. The number of esters is 2. The molecule has 0 radical (unpaired) electrons. The van der Waals surface area contributed by atoms with Gasteiger partial charge in [-0.15, -0.1) is 0 Å². The summed E-state index contributed by atoms with van der Waals surface area (Å²) in [7, 11) is -1.59. The van der Waals surface area contributed by atoms with E-state index < -0.39 is 22.0 Å². The number of hydrogen-bond donors (Lipinski definition) is 1. The molecule has 1 aliphatic rings. The van der Waals surface area contributed by atoms with E-state index in [1.54, 1.807) is 18.2 Å². The summed E-state index contributed by atoms with van der Waals surface area (Å²) in [5.41, 5.74) is 0.138. The second-order valence-electron chi connectivity index (χ2n) is 4.86. The minimum Gasteiger partial charge on any atom is -0.465 e. The zero-order valence-corrected chi connectivity index (χ0v) is 14.3. The topological polar surface area (TPSA) is 116 Å². The van der Waals surface area contributed by atoms with E-state index in [-0.39, 0.29) is 16.2 Å². The van der Waals surface area contributed by atoms with Gasteiger partial charge in [0.15, 0.2) is 0 Å². The Bertz CT molecular complexity index is 899. The lowest BCUT2D eigenvalue weighted by Gasteiger charge is -2.23. The largest absolute Gasteiger partial charge is 0.465 e. The van der Waals surface area contributed by atoms with Gasteiger partial charge in [-0.25, -0.2) is 23.1 Å². The van der Waals surface area contributed by atoms with Crippen LogP contribution in [0.15, 0.2) is 64.9 Å². The molecule has 1 aliphatic heterocycles. The number of nitrogens with two attached hydrogens (primary N) is 1. The monoisotopic (exact) mass is 364 g/mol. The maximum Gasteiger partial charge on any atom is 0.355 e. The van der Waals surface area contributed by atoms with Crippen LogP contribution >= 0.6 is 0 Å². The van der Waals surface area contributed by atoms with Crippen LogP contribution in [0.25, 0.3) is 0 Å². The van der Waals surface area contributed by atoms with Crippen molar-refractivity contribution in [2.24, 2.45) is 5.14 Å². The van der Waals surface area contributed by atoms with Crippen molar-refractivity contribution in [2.45, 2.75) is 4.90 Å². The minimum absolute atomic E-state index is 0.0413. The van der Waals surface area contributed by atoms with Crippen molar-refractivity contribution in [3.05, 3.63) is 60.0 Å². The Kier molecular flexibility index (Phi) is 5.40. The van der Waals surface area contributed by atoms with E-state index in [9.17, 15) is 18.0 Å². The Balaban J connectivity index is 2.69. The van der Waals surface area contributed by atoms with Gasteiger partial charge in [-0.2, -0.15) is 0 Å². The van der Waals surface area contributed by atoms with Crippen molar-refractivity contribution in [1.29, 1.82) is 0 Å². The molecule has 0 fully saturated rings. The molecule has 25 heavy (non-hydrogen) atoms. The third-order valence-electron chi connectivity index (χ3n) is 3.31. The molecule has 0 bridgehead atoms.